The Bertz CT molecular complexity index is 1650. The lowest BCUT2D eigenvalue weighted by molar-refractivity contribution is 0.0985. The highest BCUT2D eigenvalue weighted by Gasteiger charge is 2.27. The number of hydrogen-bond acceptors (Lipinski definition) is 10. The smallest absolute Gasteiger partial charge is 0.228 e. The molecule has 0 radical (unpaired) electrons. The Morgan fingerprint density at radius 2 is 1.82 bits per heavy atom. The van der Waals surface area contributed by atoms with Gasteiger partial charge in [0.25, 0.3) is 0 Å². The minimum atomic E-state index is 0.523. The number of fused-ring (bicyclic) bond motifs is 3. The molecule has 12 heteroatoms. The van der Waals surface area contributed by atoms with Crippen molar-refractivity contribution in [1.82, 2.24) is 39.3 Å². The minimum absolute atomic E-state index is 0.523. The number of anilines is 2. The number of aliphatic imine (C=N–C) groups is 1. The number of allylic oxidation sites excluding steroid dienone is 1. The van der Waals surface area contributed by atoms with Crippen LogP contribution in [0.25, 0.3) is 28.1 Å². The van der Waals surface area contributed by atoms with Gasteiger partial charge in [-0.1, -0.05) is 24.3 Å². The van der Waals surface area contributed by atoms with Crippen molar-refractivity contribution >= 4 is 23.6 Å². The van der Waals surface area contributed by atoms with Gasteiger partial charge in [-0.15, -0.1) is 0 Å². The zero-order chi connectivity index (χ0) is 31.2. The van der Waals surface area contributed by atoms with E-state index in [2.05, 4.69) is 56.4 Å². The summed E-state index contributed by atoms with van der Waals surface area (Å²) >= 11 is 0. The fourth-order valence-corrected chi connectivity index (χ4v) is 6.03. The molecule has 12 nitrogen and oxygen atoms in total. The van der Waals surface area contributed by atoms with Gasteiger partial charge in [-0.3, -0.25) is 24.2 Å². The summed E-state index contributed by atoms with van der Waals surface area (Å²) in [5.74, 6) is 1.24. The summed E-state index contributed by atoms with van der Waals surface area (Å²) in [7, 11) is 3.75. The van der Waals surface area contributed by atoms with E-state index in [0.29, 0.717) is 5.95 Å². The number of aromatic nitrogens is 6. The molecule has 1 saturated heterocycles. The third-order valence-corrected chi connectivity index (χ3v) is 8.58. The molecule has 1 aliphatic carbocycles. The average molecular weight is 610 g/mol. The fourth-order valence-electron chi connectivity index (χ4n) is 6.03. The van der Waals surface area contributed by atoms with Crippen molar-refractivity contribution in [2.45, 2.75) is 26.3 Å². The van der Waals surface area contributed by atoms with Crippen molar-refractivity contribution in [2.24, 2.45) is 17.8 Å². The van der Waals surface area contributed by atoms with Crippen molar-refractivity contribution < 1.29 is 4.74 Å². The van der Waals surface area contributed by atoms with Crippen LogP contribution in [0, 0.1) is 0 Å². The number of methoxy groups -OCH3 is 1. The summed E-state index contributed by atoms with van der Waals surface area (Å²) in [6.07, 6.45) is 9.09. The molecular formula is C33H43N11O. The quantitative estimate of drug-likeness (QED) is 0.233. The number of aryl methyl sites for hydroxylation is 4. The van der Waals surface area contributed by atoms with E-state index < -0.39 is 0 Å². The maximum absolute atomic E-state index is 6.05. The van der Waals surface area contributed by atoms with Gasteiger partial charge < -0.3 is 15.8 Å². The number of benzene rings is 1. The summed E-state index contributed by atoms with van der Waals surface area (Å²) in [6.45, 7) is 10.6. The van der Waals surface area contributed by atoms with Gasteiger partial charge in [0, 0.05) is 108 Å². The highest BCUT2D eigenvalue weighted by atomic mass is 16.5. The van der Waals surface area contributed by atoms with Crippen molar-refractivity contribution in [2.75, 3.05) is 64.8 Å². The lowest BCUT2D eigenvalue weighted by atomic mass is 9.91. The first-order valence-corrected chi connectivity index (χ1v) is 15.7. The number of hydrogen-bond donors (Lipinski definition) is 2. The largest absolute Gasteiger partial charge is 0.404 e. The lowest BCUT2D eigenvalue weighted by Gasteiger charge is -2.34. The van der Waals surface area contributed by atoms with Gasteiger partial charge in [-0.2, -0.15) is 10.2 Å². The van der Waals surface area contributed by atoms with Crippen LogP contribution in [0.3, 0.4) is 0 Å². The Morgan fingerprint density at radius 3 is 2.53 bits per heavy atom. The van der Waals surface area contributed by atoms with Gasteiger partial charge in [0.15, 0.2) is 5.82 Å². The highest BCUT2D eigenvalue weighted by molar-refractivity contribution is 6.09. The second kappa shape index (κ2) is 14.1. The Morgan fingerprint density at radius 1 is 1.04 bits per heavy atom. The van der Waals surface area contributed by atoms with E-state index in [0.717, 1.165) is 123 Å². The van der Waals surface area contributed by atoms with E-state index in [1.807, 2.05) is 41.1 Å². The van der Waals surface area contributed by atoms with E-state index >= 15 is 0 Å². The Balaban J connectivity index is 1.14. The molecular weight excluding hydrogens is 566 g/mol. The molecule has 3 N–H and O–H groups in total. The molecule has 236 valence electrons. The summed E-state index contributed by atoms with van der Waals surface area (Å²) in [6, 6.07) is 10.4. The standard InChI is InChI=1S/C33H43N11O/c1-4-44-13-11-29(40-44)37-33-36-23-26-9-10-28-30(31(26)38-33)32(41(2)39-28)25-7-5-24(6-8-25)27(21-34)22-35-12-14-42-15-17-43(18-16-42)19-20-45-3/h5-8,11,13,21-23H,4,9-10,12,14-20,34H2,1-3H3,(H,36,37,38,40)/b27-21+,35-22?. The van der Waals surface area contributed by atoms with Crippen LogP contribution in [0.4, 0.5) is 11.8 Å². The first-order valence-electron chi connectivity index (χ1n) is 15.7. The van der Waals surface area contributed by atoms with Crippen LogP contribution in [0.2, 0.25) is 0 Å². The second-order valence-electron chi connectivity index (χ2n) is 11.5. The van der Waals surface area contributed by atoms with Gasteiger partial charge in [0.05, 0.1) is 30.2 Å². The molecule has 4 aromatic rings. The van der Waals surface area contributed by atoms with Gasteiger partial charge in [-0.05, 0) is 30.9 Å². The van der Waals surface area contributed by atoms with E-state index in [1.165, 1.54) is 0 Å². The van der Waals surface area contributed by atoms with Crippen LogP contribution < -0.4 is 11.1 Å². The molecule has 1 aromatic carbocycles. The summed E-state index contributed by atoms with van der Waals surface area (Å²) < 4.78 is 9.04. The molecule has 4 heterocycles. The SMILES string of the molecule is CCn1ccc(Nc2ncc3c(n2)-c2c(nn(C)c2-c2ccc(/C(C=NCCN4CCN(CCOC)CC4)=C/N)cc2)CC3)n1. The van der Waals surface area contributed by atoms with Crippen LogP contribution >= 0.6 is 0 Å². The third kappa shape index (κ3) is 6.98. The van der Waals surface area contributed by atoms with Crippen molar-refractivity contribution in [3.63, 3.8) is 0 Å². The molecule has 0 amide bonds. The van der Waals surface area contributed by atoms with Crippen molar-refractivity contribution in [1.29, 1.82) is 0 Å². The van der Waals surface area contributed by atoms with E-state index in [1.54, 1.807) is 13.3 Å². The van der Waals surface area contributed by atoms with Crippen molar-refractivity contribution in [3.05, 3.63) is 65.7 Å². The molecule has 1 aliphatic heterocycles. The molecule has 0 bridgehead atoms. The van der Waals surface area contributed by atoms with Crippen LogP contribution in [0.15, 0.2) is 53.9 Å². The van der Waals surface area contributed by atoms with E-state index in [-0.39, 0.29) is 0 Å². The maximum Gasteiger partial charge on any atom is 0.228 e. The lowest BCUT2D eigenvalue weighted by Crippen LogP contribution is -2.47. The molecule has 3 aromatic heterocycles. The normalized spacial score (nSPS) is 15.8. The van der Waals surface area contributed by atoms with Crippen molar-refractivity contribution in [3.8, 4) is 22.5 Å². The van der Waals surface area contributed by atoms with Gasteiger partial charge in [0.1, 0.15) is 0 Å². The predicted octanol–water partition coefficient (Wildman–Crippen LogP) is 3.24. The van der Waals surface area contributed by atoms with Crippen LogP contribution in [0.5, 0.6) is 0 Å². The highest BCUT2D eigenvalue weighted by Crippen LogP contribution is 2.39. The number of nitrogens with one attached hydrogen (secondary N) is 1. The van der Waals surface area contributed by atoms with Crippen LogP contribution in [0.1, 0.15) is 23.7 Å². The molecule has 2 aliphatic rings. The first kappa shape index (κ1) is 30.6. The number of ether oxygens (including phenoxy) is 1. The van der Waals surface area contributed by atoms with Gasteiger partial charge in [-0.25, -0.2) is 9.97 Å². The molecule has 45 heavy (non-hydrogen) atoms. The maximum atomic E-state index is 6.05. The summed E-state index contributed by atoms with van der Waals surface area (Å²) in [5.41, 5.74) is 14.2. The summed E-state index contributed by atoms with van der Waals surface area (Å²) in [5, 5.41) is 12.7. The van der Waals surface area contributed by atoms with Gasteiger partial charge >= 0.3 is 0 Å². The predicted molar refractivity (Wildman–Crippen MR) is 179 cm³/mol. The second-order valence-corrected chi connectivity index (χ2v) is 11.5. The zero-order valence-corrected chi connectivity index (χ0v) is 26.5. The molecule has 6 rings (SSSR count). The Hall–Kier alpha value is -4.39. The van der Waals surface area contributed by atoms with E-state index in [9.17, 15) is 0 Å². The van der Waals surface area contributed by atoms with Crippen LogP contribution in [-0.2, 0) is 31.2 Å². The number of piperazine rings is 1. The third-order valence-electron chi connectivity index (χ3n) is 8.58. The molecule has 0 unspecified atom stereocenters. The monoisotopic (exact) mass is 609 g/mol. The zero-order valence-electron chi connectivity index (χ0n) is 26.5. The summed E-state index contributed by atoms with van der Waals surface area (Å²) in [4.78, 5) is 19.2. The molecule has 0 spiro atoms. The minimum Gasteiger partial charge on any atom is -0.404 e. The van der Waals surface area contributed by atoms with E-state index in [4.69, 9.17) is 25.5 Å². The molecule has 0 atom stereocenters. The number of nitrogens with zero attached hydrogens (tertiary/aromatic N) is 9. The van der Waals surface area contributed by atoms with Crippen LogP contribution in [-0.4, -0.2) is 105 Å². The number of rotatable bonds is 12. The Kier molecular flexibility index (Phi) is 9.63. The number of nitrogens with two attached hydrogens (primary N) is 1. The average Bonchev–Trinajstić information content (AvgIpc) is 3.67. The fraction of sp³-hybridized carbons (Fsp3) is 0.424. The molecule has 0 saturated carbocycles. The first-order chi connectivity index (χ1) is 22.1. The molecule has 1 fully saturated rings. The van der Waals surface area contributed by atoms with Gasteiger partial charge in [0.2, 0.25) is 5.95 Å². The Labute approximate surface area is 264 Å². The topological polar surface area (TPSA) is 128 Å².